The Labute approximate surface area is 57.6 Å². The van der Waals surface area contributed by atoms with E-state index in [1.165, 1.54) is 0 Å². The number of rotatable bonds is 0. The van der Waals surface area contributed by atoms with E-state index in [1.807, 2.05) is 0 Å². The molecule has 0 radical (unpaired) electrons. The molecular weight excluding hydrogens is 132 g/mol. The smallest absolute Gasteiger partial charge is 0.0690 e. The Morgan fingerprint density at radius 3 is 1.70 bits per heavy atom. The zero-order chi connectivity index (χ0) is 7.07. The fourth-order valence-corrected chi connectivity index (χ4v) is 0.375. The van der Waals surface area contributed by atoms with Crippen molar-refractivity contribution in [3.8, 4) is 0 Å². The van der Waals surface area contributed by atoms with Crippen molar-refractivity contribution in [1.82, 2.24) is 31.8 Å². The van der Waals surface area contributed by atoms with Crippen LogP contribution in [0.2, 0.25) is 0 Å². The predicted molar refractivity (Wildman–Crippen MR) is 34.9 cm³/mol. The Kier molecular flexibility index (Phi) is 2.84. The van der Waals surface area contributed by atoms with Crippen LogP contribution in [0.4, 0.5) is 0 Å². The molecule has 4 N–H and O–H groups in total. The fourth-order valence-electron chi connectivity index (χ4n) is 0.375. The second kappa shape index (κ2) is 4.33. The van der Waals surface area contributed by atoms with Crippen LogP contribution in [-0.4, -0.2) is 15.4 Å². The standard InChI is InChI=1S/C2H5N3.C2H3N3/c2*1-2-4-5-3-1/h1-5H;1-2H,(H,3,4,5). The summed E-state index contributed by atoms with van der Waals surface area (Å²) in [6, 6.07) is 0. The van der Waals surface area contributed by atoms with Gasteiger partial charge in [0.15, 0.2) is 0 Å². The van der Waals surface area contributed by atoms with Crippen LogP contribution in [0.1, 0.15) is 0 Å². The van der Waals surface area contributed by atoms with E-state index in [-0.39, 0.29) is 0 Å². The molecule has 0 fully saturated rings. The van der Waals surface area contributed by atoms with Gasteiger partial charge in [0.05, 0.1) is 12.4 Å². The zero-order valence-electron chi connectivity index (χ0n) is 5.20. The Bertz CT molecular complexity index is 145. The molecule has 1 aliphatic heterocycles. The lowest BCUT2D eigenvalue weighted by atomic mass is 11.0. The van der Waals surface area contributed by atoms with Crippen LogP contribution in [0.3, 0.4) is 0 Å². The number of nitrogens with one attached hydrogen (secondary N) is 4. The van der Waals surface area contributed by atoms with Crippen molar-refractivity contribution in [3.05, 3.63) is 24.8 Å². The second-order valence-electron chi connectivity index (χ2n) is 1.40. The third-order valence-electron chi connectivity index (χ3n) is 0.726. The predicted octanol–water partition coefficient (Wildman–Crippen LogP) is -1.13. The van der Waals surface area contributed by atoms with E-state index < -0.39 is 0 Å². The summed E-state index contributed by atoms with van der Waals surface area (Å²) >= 11 is 0. The van der Waals surface area contributed by atoms with Crippen LogP contribution >= 0.6 is 0 Å². The summed E-state index contributed by atoms with van der Waals surface area (Å²) in [5.74, 6) is 0. The van der Waals surface area contributed by atoms with Crippen molar-refractivity contribution in [2.24, 2.45) is 0 Å². The number of hydrogen-bond acceptors (Lipinski definition) is 5. The maximum atomic E-state index is 3.49. The second-order valence-corrected chi connectivity index (χ2v) is 1.40. The number of aromatic amines is 1. The van der Waals surface area contributed by atoms with E-state index in [0.29, 0.717) is 0 Å². The highest BCUT2D eigenvalue weighted by Crippen LogP contribution is 1.58. The average molecular weight is 140 g/mol. The molecule has 0 saturated heterocycles. The minimum Gasteiger partial charge on any atom is -0.310 e. The molecule has 6 nitrogen and oxygen atoms in total. The molecule has 1 aliphatic rings. The van der Waals surface area contributed by atoms with Gasteiger partial charge in [-0.15, -0.1) is 0 Å². The van der Waals surface area contributed by atoms with Crippen LogP contribution in [0, 0.1) is 0 Å². The van der Waals surface area contributed by atoms with Crippen molar-refractivity contribution < 1.29 is 0 Å². The highest BCUT2D eigenvalue weighted by Gasteiger charge is 1.74. The minimum absolute atomic E-state index is 1.58. The first-order valence-electron chi connectivity index (χ1n) is 2.71. The molecule has 2 rings (SSSR count). The van der Waals surface area contributed by atoms with Crippen LogP contribution in [-0.2, 0) is 0 Å². The SMILES string of the molecule is C1=CNNN1.c1cn[nH]n1. The largest absolute Gasteiger partial charge is 0.310 e. The average Bonchev–Trinajstić information content (AvgIpc) is 2.67. The van der Waals surface area contributed by atoms with Gasteiger partial charge in [0.25, 0.3) is 0 Å². The molecule has 0 amide bonds. The highest BCUT2D eigenvalue weighted by atomic mass is 15.6. The lowest BCUT2D eigenvalue weighted by Gasteiger charge is -1.86. The van der Waals surface area contributed by atoms with Gasteiger partial charge in [-0.05, 0) is 0 Å². The summed E-state index contributed by atoms with van der Waals surface area (Å²) in [4.78, 5) is 0. The van der Waals surface area contributed by atoms with Crippen molar-refractivity contribution >= 4 is 0 Å². The maximum Gasteiger partial charge on any atom is 0.0690 e. The number of hydrazine groups is 2. The third-order valence-corrected chi connectivity index (χ3v) is 0.726. The molecule has 0 saturated carbocycles. The van der Waals surface area contributed by atoms with Crippen LogP contribution in [0.15, 0.2) is 24.8 Å². The van der Waals surface area contributed by atoms with Gasteiger partial charge in [0.1, 0.15) is 0 Å². The molecule has 0 unspecified atom stereocenters. The normalized spacial score (nSPS) is 12.8. The Morgan fingerprint density at radius 2 is 1.50 bits per heavy atom. The first-order valence-corrected chi connectivity index (χ1v) is 2.71. The monoisotopic (exact) mass is 140 g/mol. The summed E-state index contributed by atoms with van der Waals surface area (Å²) in [6.07, 6.45) is 6.69. The Hall–Kier alpha value is -1.56. The van der Waals surface area contributed by atoms with Crippen molar-refractivity contribution in [3.63, 3.8) is 0 Å². The first-order chi connectivity index (χ1) is 5.00. The maximum absolute atomic E-state index is 3.49. The first kappa shape index (κ1) is 6.56. The van der Waals surface area contributed by atoms with Gasteiger partial charge in [-0.25, -0.2) is 0 Å². The van der Waals surface area contributed by atoms with Crippen LogP contribution in [0.5, 0.6) is 0 Å². The summed E-state index contributed by atoms with van der Waals surface area (Å²) in [6.45, 7) is 0. The van der Waals surface area contributed by atoms with Gasteiger partial charge >= 0.3 is 0 Å². The molecule has 6 heteroatoms. The minimum atomic E-state index is 1.58. The van der Waals surface area contributed by atoms with Gasteiger partial charge < -0.3 is 10.9 Å². The Balaban J connectivity index is 0.0000001000. The molecule has 0 aromatic carbocycles. The molecule has 0 atom stereocenters. The summed E-state index contributed by atoms with van der Waals surface area (Å²) < 4.78 is 0. The lowest BCUT2D eigenvalue weighted by Crippen LogP contribution is -2.29. The third kappa shape index (κ3) is 2.68. The summed E-state index contributed by atoms with van der Waals surface area (Å²) in [5, 5.41) is 9.33. The van der Waals surface area contributed by atoms with Crippen molar-refractivity contribution in [1.29, 1.82) is 0 Å². The lowest BCUT2D eigenvalue weighted by molar-refractivity contribution is 0.614. The zero-order valence-corrected chi connectivity index (χ0v) is 5.20. The number of aromatic nitrogens is 3. The van der Waals surface area contributed by atoms with Gasteiger partial charge in [-0.1, -0.05) is 0 Å². The molecular formula is C4H8N6. The van der Waals surface area contributed by atoms with Gasteiger partial charge in [0.2, 0.25) is 0 Å². The molecule has 1 aromatic rings. The molecule has 1 aromatic heterocycles. The van der Waals surface area contributed by atoms with E-state index in [0.717, 1.165) is 0 Å². The van der Waals surface area contributed by atoms with E-state index in [1.54, 1.807) is 24.8 Å². The number of H-pyrrole nitrogens is 1. The fraction of sp³-hybridized carbons (Fsp3) is 0. The Morgan fingerprint density at radius 1 is 0.900 bits per heavy atom. The van der Waals surface area contributed by atoms with Gasteiger partial charge in [-0.2, -0.15) is 20.9 Å². The van der Waals surface area contributed by atoms with Crippen LogP contribution in [0.25, 0.3) is 0 Å². The summed E-state index contributed by atoms with van der Waals surface area (Å²) in [5.41, 5.74) is 7.97. The van der Waals surface area contributed by atoms with E-state index in [4.69, 9.17) is 0 Å². The topological polar surface area (TPSA) is 77.7 Å². The van der Waals surface area contributed by atoms with Crippen LogP contribution < -0.4 is 16.4 Å². The van der Waals surface area contributed by atoms with E-state index >= 15 is 0 Å². The molecule has 0 aliphatic carbocycles. The molecule has 10 heavy (non-hydrogen) atoms. The summed E-state index contributed by atoms with van der Waals surface area (Å²) in [7, 11) is 0. The molecule has 0 bridgehead atoms. The molecule has 2 heterocycles. The molecule has 0 spiro atoms. The van der Waals surface area contributed by atoms with Gasteiger partial charge in [0, 0.05) is 12.4 Å². The molecule has 54 valence electrons. The van der Waals surface area contributed by atoms with Crippen molar-refractivity contribution in [2.45, 2.75) is 0 Å². The van der Waals surface area contributed by atoms with E-state index in [2.05, 4.69) is 31.8 Å². The van der Waals surface area contributed by atoms with E-state index in [9.17, 15) is 0 Å². The quantitative estimate of drug-likeness (QED) is 0.367. The number of hydrogen-bond donors (Lipinski definition) is 4. The van der Waals surface area contributed by atoms with Gasteiger partial charge in [-0.3, -0.25) is 0 Å². The highest BCUT2D eigenvalue weighted by molar-refractivity contribution is 4.77. The number of nitrogens with zero attached hydrogens (tertiary/aromatic N) is 2. The van der Waals surface area contributed by atoms with Crippen molar-refractivity contribution in [2.75, 3.05) is 0 Å².